The third kappa shape index (κ3) is 2.98. The summed E-state index contributed by atoms with van der Waals surface area (Å²) in [6.45, 7) is 3.06. The lowest BCUT2D eigenvalue weighted by molar-refractivity contribution is -0.142. The number of hydrogen-bond acceptors (Lipinski definition) is 5. The fourth-order valence-electron chi connectivity index (χ4n) is 2.49. The van der Waals surface area contributed by atoms with E-state index in [9.17, 15) is 9.59 Å². The molecule has 0 aromatic carbocycles. The molecule has 19 heavy (non-hydrogen) atoms. The van der Waals surface area contributed by atoms with Gasteiger partial charge in [-0.25, -0.2) is 4.79 Å². The monoisotopic (exact) mass is 271 g/mol. The smallest absolute Gasteiger partial charge is 0.409 e. The standard InChI is InChI=1S/C12H21N3O4/c1-18-11(17)15-6-4-14(5-7-15)10(16)12(13)2-8-19-9-3-12/h2-9,13H2,1H3. The molecule has 108 valence electrons. The first-order valence-electron chi connectivity index (χ1n) is 6.56. The van der Waals surface area contributed by atoms with Crippen molar-refractivity contribution < 1.29 is 19.1 Å². The van der Waals surface area contributed by atoms with E-state index in [2.05, 4.69) is 4.74 Å². The molecule has 0 aliphatic carbocycles. The van der Waals surface area contributed by atoms with Gasteiger partial charge in [-0.2, -0.15) is 0 Å². The van der Waals surface area contributed by atoms with Crippen LogP contribution in [0.1, 0.15) is 12.8 Å². The Bertz CT molecular complexity index is 347. The Labute approximate surface area is 112 Å². The normalized spacial score (nSPS) is 23.1. The van der Waals surface area contributed by atoms with E-state index in [0.29, 0.717) is 52.2 Å². The van der Waals surface area contributed by atoms with Crippen molar-refractivity contribution in [3.05, 3.63) is 0 Å². The molecule has 0 aromatic heterocycles. The molecule has 2 fully saturated rings. The van der Waals surface area contributed by atoms with Crippen molar-refractivity contribution in [2.45, 2.75) is 18.4 Å². The van der Waals surface area contributed by atoms with Crippen LogP contribution < -0.4 is 5.73 Å². The fraction of sp³-hybridized carbons (Fsp3) is 0.833. The number of nitrogens with zero attached hydrogens (tertiary/aromatic N) is 2. The van der Waals surface area contributed by atoms with Crippen molar-refractivity contribution in [2.75, 3.05) is 46.5 Å². The van der Waals surface area contributed by atoms with Gasteiger partial charge in [-0.05, 0) is 12.8 Å². The molecule has 2 aliphatic rings. The molecular weight excluding hydrogens is 250 g/mol. The lowest BCUT2D eigenvalue weighted by Gasteiger charge is -2.40. The van der Waals surface area contributed by atoms with Gasteiger partial charge in [-0.1, -0.05) is 0 Å². The fourth-order valence-corrected chi connectivity index (χ4v) is 2.49. The highest BCUT2D eigenvalue weighted by Crippen LogP contribution is 2.21. The number of nitrogens with two attached hydrogens (primary N) is 1. The molecule has 0 spiro atoms. The van der Waals surface area contributed by atoms with Gasteiger partial charge in [0.05, 0.1) is 12.6 Å². The summed E-state index contributed by atoms with van der Waals surface area (Å²) in [6.07, 6.45) is 0.771. The Morgan fingerprint density at radius 1 is 1.11 bits per heavy atom. The zero-order chi connectivity index (χ0) is 13.9. The molecule has 2 amide bonds. The quantitative estimate of drug-likeness (QED) is 0.688. The molecule has 0 radical (unpaired) electrons. The molecule has 0 saturated carbocycles. The van der Waals surface area contributed by atoms with Crippen LogP contribution in [0.3, 0.4) is 0 Å². The Morgan fingerprint density at radius 2 is 1.63 bits per heavy atom. The maximum absolute atomic E-state index is 12.4. The summed E-state index contributed by atoms with van der Waals surface area (Å²) in [5, 5.41) is 0. The summed E-state index contributed by atoms with van der Waals surface area (Å²) in [7, 11) is 1.36. The lowest BCUT2D eigenvalue weighted by atomic mass is 9.89. The maximum Gasteiger partial charge on any atom is 0.409 e. The van der Waals surface area contributed by atoms with Crippen LogP contribution in [0.5, 0.6) is 0 Å². The van der Waals surface area contributed by atoms with E-state index in [1.807, 2.05) is 0 Å². The predicted octanol–water partition coefficient (Wildman–Crippen LogP) is -0.595. The van der Waals surface area contributed by atoms with Crippen LogP contribution in [0.15, 0.2) is 0 Å². The first kappa shape index (κ1) is 14.1. The summed E-state index contributed by atoms with van der Waals surface area (Å²) in [4.78, 5) is 27.1. The first-order valence-corrected chi connectivity index (χ1v) is 6.56. The number of piperazine rings is 1. The summed E-state index contributed by atoms with van der Waals surface area (Å²) >= 11 is 0. The third-order valence-corrected chi connectivity index (χ3v) is 3.81. The predicted molar refractivity (Wildman–Crippen MR) is 67.5 cm³/mol. The molecule has 2 aliphatic heterocycles. The molecule has 0 aromatic rings. The minimum absolute atomic E-state index is 0.0275. The van der Waals surface area contributed by atoms with Crippen LogP contribution in [0.25, 0.3) is 0 Å². The van der Waals surface area contributed by atoms with Gasteiger partial charge in [0, 0.05) is 39.4 Å². The average Bonchev–Trinajstić information content (AvgIpc) is 2.46. The van der Waals surface area contributed by atoms with Gasteiger partial charge < -0.3 is 25.0 Å². The van der Waals surface area contributed by atoms with E-state index in [1.165, 1.54) is 7.11 Å². The molecule has 2 N–H and O–H groups in total. The van der Waals surface area contributed by atoms with E-state index in [1.54, 1.807) is 9.80 Å². The van der Waals surface area contributed by atoms with Gasteiger partial charge in [-0.15, -0.1) is 0 Å². The summed E-state index contributed by atoms with van der Waals surface area (Å²) in [6, 6.07) is 0. The van der Waals surface area contributed by atoms with E-state index in [0.717, 1.165) is 0 Å². The first-order chi connectivity index (χ1) is 9.07. The molecule has 0 unspecified atom stereocenters. The highest BCUT2D eigenvalue weighted by Gasteiger charge is 2.40. The van der Waals surface area contributed by atoms with Crippen LogP contribution >= 0.6 is 0 Å². The summed E-state index contributed by atoms with van der Waals surface area (Å²) < 4.78 is 9.91. The van der Waals surface area contributed by atoms with Crippen LogP contribution in [0.4, 0.5) is 4.79 Å². The van der Waals surface area contributed by atoms with Gasteiger partial charge in [0.25, 0.3) is 0 Å². The highest BCUT2D eigenvalue weighted by atomic mass is 16.5. The summed E-state index contributed by atoms with van der Waals surface area (Å²) in [5.41, 5.74) is 5.38. The molecule has 7 nitrogen and oxygen atoms in total. The Balaban J connectivity index is 1.90. The van der Waals surface area contributed by atoms with E-state index in [4.69, 9.17) is 10.5 Å². The van der Waals surface area contributed by atoms with E-state index >= 15 is 0 Å². The largest absolute Gasteiger partial charge is 0.453 e. The third-order valence-electron chi connectivity index (χ3n) is 3.81. The van der Waals surface area contributed by atoms with Gasteiger partial charge in [-0.3, -0.25) is 4.79 Å². The second kappa shape index (κ2) is 5.75. The topological polar surface area (TPSA) is 85.1 Å². The molecule has 2 rings (SSSR count). The molecule has 0 atom stereocenters. The minimum atomic E-state index is -0.800. The lowest BCUT2D eigenvalue weighted by Crippen LogP contribution is -2.61. The molecule has 2 saturated heterocycles. The molecule has 0 bridgehead atoms. The summed E-state index contributed by atoms with van der Waals surface area (Å²) in [5.74, 6) is -0.0275. The van der Waals surface area contributed by atoms with Crippen LogP contribution in [-0.4, -0.2) is 73.8 Å². The van der Waals surface area contributed by atoms with Crippen molar-refractivity contribution in [2.24, 2.45) is 5.73 Å². The van der Waals surface area contributed by atoms with Crippen LogP contribution in [0.2, 0.25) is 0 Å². The van der Waals surface area contributed by atoms with Gasteiger partial charge >= 0.3 is 6.09 Å². The van der Waals surface area contributed by atoms with Crippen molar-refractivity contribution in [1.82, 2.24) is 9.80 Å². The maximum atomic E-state index is 12.4. The van der Waals surface area contributed by atoms with Crippen molar-refractivity contribution in [3.8, 4) is 0 Å². The number of carbonyl (C=O) groups excluding carboxylic acids is 2. The van der Waals surface area contributed by atoms with Gasteiger partial charge in [0.2, 0.25) is 5.91 Å². The molecule has 2 heterocycles. The van der Waals surface area contributed by atoms with Crippen LogP contribution in [0, 0.1) is 0 Å². The van der Waals surface area contributed by atoms with Gasteiger partial charge in [0.15, 0.2) is 0 Å². The van der Waals surface area contributed by atoms with Crippen LogP contribution in [-0.2, 0) is 14.3 Å². The number of ether oxygens (including phenoxy) is 2. The van der Waals surface area contributed by atoms with E-state index < -0.39 is 5.54 Å². The number of methoxy groups -OCH3 is 1. The second-order valence-corrected chi connectivity index (χ2v) is 5.02. The van der Waals surface area contributed by atoms with Crippen molar-refractivity contribution in [1.29, 1.82) is 0 Å². The zero-order valence-corrected chi connectivity index (χ0v) is 11.3. The Hall–Kier alpha value is -1.34. The van der Waals surface area contributed by atoms with Gasteiger partial charge in [0.1, 0.15) is 0 Å². The van der Waals surface area contributed by atoms with Crippen molar-refractivity contribution in [3.63, 3.8) is 0 Å². The second-order valence-electron chi connectivity index (χ2n) is 5.02. The minimum Gasteiger partial charge on any atom is -0.453 e. The molecule has 7 heteroatoms. The number of rotatable bonds is 1. The molecular formula is C12H21N3O4. The number of carbonyl (C=O) groups is 2. The van der Waals surface area contributed by atoms with Crippen molar-refractivity contribution >= 4 is 12.0 Å². The Morgan fingerprint density at radius 3 is 2.16 bits per heavy atom. The zero-order valence-electron chi connectivity index (χ0n) is 11.3. The number of hydrogen-bond donors (Lipinski definition) is 1. The SMILES string of the molecule is COC(=O)N1CCN(C(=O)C2(N)CCOCC2)CC1. The Kier molecular flexibility index (Phi) is 4.26. The highest BCUT2D eigenvalue weighted by molar-refractivity contribution is 5.86. The van der Waals surface area contributed by atoms with E-state index in [-0.39, 0.29) is 12.0 Å². The average molecular weight is 271 g/mol. The number of amides is 2.